The molecule has 27 heavy (non-hydrogen) atoms. The SMILES string of the molecule is Cn1c(O)c(N=NC(=S)Nc2cccc(S(N)(=O)=O)c2)c2ccc(F)cc21. The van der Waals surface area contributed by atoms with Crippen molar-refractivity contribution in [2.24, 2.45) is 22.4 Å². The first-order valence-electron chi connectivity index (χ1n) is 7.49. The van der Waals surface area contributed by atoms with Gasteiger partial charge < -0.3 is 15.0 Å². The molecule has 0 saturated heterocycles. The van der Waals surface area contributed by atoms with E-state index in [0.717, 1.165) is 0 Å². The Labute approximate surface area is 159 Å². The number of benzene rings is 2. The second-order valence-corrected chi connectivity index (χ2v) is 7.54. The van der Waals surface area contributed by atoms with E-state index < -0.39 is 15.8 Å². The lowest BCUT2D eigenvalue weighted by Gasteiger charge is -2.05. The van der Waals surface area contributed by atoms with Gasteiger partial charge in [-0.1, -0.05) is 6.07 Å². The topological polar surface area (TPSA) is 122 Å². The van der Waals surface area contributed by atoms with E-state index >= 15 is 0 Å². The second kappa shape index (κ2) is 7.02. The molecule has 1 heterocycles. The zero-order valence-corrected chi connectivity index (χ0v) is 15.6. The van der Waals surface area contributed by atoms with Gasteiger partial charge in [0.15, 0.2) is 5.69 Å². The Morgan fingerprint density at radius 1 is 1.30 bits per heavy atom. The Morgan fingerprint density at radius 2 is 2.04 bits per heavy atom. The van der Waals surface area contributed by atoms with Crippen molar-refractivity contribution in [2.45, 2.75) is 4.90 Å². The molecule has 3 rings (SSSR count). The quantitative estimate of drug-likeness (QED) is 0.455. The number of nitrogens with zero attached hydrogens (tertiary/aromatic N) is 3. The van der Waals surface area contributed by atoms with Gasteiger partial charge >= 0.3 is 0 Å². The van der Waals surface area contributed by atoms with E-state index in [9.17, 15) is 17.9 Å². The first kappa shape index (κ1) is 18.9. The van der Waals surface area contributed by atoms with Crippen LogP contribution in [0.15, 0.2) is 57.6 Å². The van der Waals surface area contributed by atoms with Crippen LogP contribution in [0.1, 0.15) is 0 Å². The van der Waals surface area contributed by atoms with Gasteiger partial charge in [-0.15, -0.1) is 10.2 Å². The van der Waals surface area contributed by atoms with Crippen LogP contribution in [0.5, 0.6) is 5.88 Å². The number of aromatic nitrogens is 1. The number of azo groups is 1. The summed E-state index contributed by atoms with van der Waals surface area (Å²) in [6.07, 6.45) is 0. The third-order valence-corrected chi connectivity index (χ3v) is 4.86. The van der Waals surface area contributed by atoms with Crippen LogP contribution >= 0.6 is 12.2 Å². The summed E-state index contributed by atoms with van der Waals surface area (Å²) in [5, 5.41) is 26.2. The zero-order valence-electron chi connectivity index (χ0n) is 13.9. The van der Waals surface area contributed by atoms with Crippen LogP contribution in [-0.2, 0) is 17.1 Å². The Balaban J connectivity index is 1.86. The normalized spacial score (nSPS) is 12.0. The monoisotopic (exact) mass is 407 g/mol. The summed E-state index contributed by atoms with van der Waals surface area (Å²) < 4.78 is 37.5. The van der Waals surface area contributed by atoms with Crippen LogP contribution < -0.4 is 10.5 Å². The number of halogens is 1. The fourth-order valence-electron chi connectivity index (χ4n) is 2.47. The molecule has 0 aliphatic carbocycles. The van der Waals surface area contributed by atoms with Gasteiger partial charge in [0, 0.05) is 18.1 Å². The molecule has 8 nitrogen and oxygen atoms in total. The van der Waals surface area contributed by atoms with Crippen molar-refractivity contribution in [1.82, 2.24) is 4.57 Å². The summed E-state index contributed by atoms with van der Waals surface area (Å²) in [7, 11) is -2.29. The van der Waals surface area contributed by atoms with Crippen molar-refractivity contribution in [3.05, 3.63) is 48.3 Å². The lowest BCUT2D eigenvalue weighted by Crippen LogP contribution is -2.13. The molecule has 11 heteroatoms. The molecular formula is C16H14FN5O3S2. The van der Waals surface area contributed by atoms with Gasteiger partial charge in [0.2, 0.25) is 21.0 Å². The Bertz CT molecular complexity index is 1190. The van der Waals surface area contributed by atoms with E-state index in [1.165, 1.54) is 41.0 Å². The predicted octanol–water partition coefficient (Wildman–Crippen LogP) is 3.15. The molecule has 0 amide bonds. The van der Waals surface area contributed by atoms with Crippen molar-refractivity contribution in [1.29, 1.82) is 0 Å². The Kier molecular flexibility index (Phi) is 4.91. The number of sulfonamides is 1. The molecule has 4 N–H and O–H groups in total. The van der Waals surface area contributed by atoms with Crippen molar-refractivity contribution < 1.29 is 17.9 Å². The highest BCUT2D eigenvalue weighted by molar-refractivity contribution is 7.89. The van der Waals surface area contributed by atoms with Crippen molar-refractivity contribution >= 4 is 49.6 Å². The van der Waals surface area contributed by atoms with Gasteiger partial charge in [0.05, 0.1) is 10.4 Å². The number of hydrogen-bond acceptors (Lipinski definition) is 5. The van der Waals surface area contributed by atoms with Gasteiger partial charge in [-0.2, -0.15) is 0 Å². The molecule has 0 atom stereocenters. The first-order chi connectivity index (χ1) is 12.7. The second-order valence-electron chi connectivity index (χ2n) is 5.60. The fraction of sp³-hybridized carbons (Fsp3) is 0.0625. The molecule has 2 aromatic carbocycles. The molecule has 0 saturated carbocycles. The van der Waals surface area contributed by atoms with Crippen LogP contribution in [0.2, 0.25) is 0 Å². The van der Waals surface area contributed by atoms with Crippen molar-refractivity contribution in [3.8, 4) is 5.88 Å². The minimum absolute atomic E-state index is 0.0694. The molecule has 0 unspecified atom stereocenters. The number of aromatic hydroxyl groups is 1. The van der Waals surface area contributed by atoms with E-state index in [0.29, 0.717) is 16.6 Å². The van der Waals surface area contributed by atoms with E-state index in [1.807, 2.05) is 0 Å². The maximum absolute atomic E-state index is 13.4. The summed E-state index contributed by atoms with van der Waals surface area (Å²) in [5.74, 6) is -0.642. The van der Waals surface area contributed by atoms with Crippen LogP contribution in [0, 0.1) is 5.82 Å². The van der Waals surface area contributed by atoms with Crippen LogP contribution in [-0.4, -0.2) is 23.2 Å². The number of hydrogen-bond donors (Lipinski definition) is 3. The highest BCUT2D eigenvalue weighted by Gasteiger charge is 2.15. The number of nitrogens with two attached hydrogens (primary N) is 1. The third kappa shape index (κ3) is 3.94. The lowest BCUT2D eigenvalue weighted by atomic mass is 10.2. The average Bonchev–Trinajstić information content (AvgIpc) is 2.83. The molecule has 0 aliphatic rings. The number of fused-ring (bicyclic) bond motifs is 1. The third-order valence-electron chi connectivity index (χ3n) is 3.76. The maximum Gasteiger partial charge on any atom is 0.238 e. The van der Waals surface area contributed by atoms with Gasteiger partial charge in [0.25, 0.3) is 0 Å². The minimum Gasteiger partial charge on any atom is -0.493 e. The zero-order chi connectivity index (χ0) is 19.8. The fourth-order valence-corrected chi connectivity index (χ4v) is 3.19. The summed E-state index contributed by atoms with van der Waals surface area (Å²) in [6, 6.07) is 9.71. The minimum atomic E-state index is -3.85. The molecular weight excluding hydrogens is 393 g/mol. The number of thiocarbonyl (C=S) groups is 1. The van der Waals surface area contributed by atoms with Gasteiger partial charge in [-0.25, -0.2) is 17.9 Å². The number of nitrogens with one attached hydrogen (secondary N) is 1. The molecule has 3 aromatic rings. The molecule has 0 radical (unpaired) electrons. The molecule has 0 spiro atoms. The summed E-state index contributed by atoms with van der Waals surface area (Å²) >= 11 is 5.06. The number of aryl methyl sites for hydroxylation is 1. The smallest absolute Gasteiger partial charge is 0.238 e. The highest BCUT2D eigenvalue weighted by atomic mass is 32.2. The molecule has 1 aromatic heterocycles. The molecule has 0 fully saturated rings. The number of rotatable bonds is 3. The standard InChI is InChI=1S/C16H14FN5O3S2/c1-22-13-7-9(17)5-6-12(13)14(15(22)23)20-21-16(26)19-10-3-2-4-11(8-10)27(18,24)25/h2-8,23H,1H3,(H,19,26)(H2,18,24,25). The van der Waals surface area contributed by atoms with Crippen LogP contribution in [0.4, 0.5) is 15.8 Å². The van der Waals surface area contributed by atoms with Crippen molar-refractivity contribution in [3.63, 3.8) is 0 Å². The summed E-state index contributed by atoms with van der Waals surface area (Å²) in [5.41, 5.74) is 0.936. The average molecular weight is 407 g/mol. The molecule has 140 valence electrons. The van der Waals surface area contributed by atoms with E-state index in [-0.39, 0.29) is 21.6 Å². The van der Waals surface area contributed by atoms with Crippen LogP contribution in [0.3, 0.4) is 0 Å². The highest BCUT2D eigenvalue weighted by Crippen LogP contribution is 2.38. The maximum atomic E-state index is 13.4. The number of primary sulfonamides is 1. The summed E-state index contributed by atoms with van der Waals surface area (Å²) in [4.78, 5) is -0.0824. The summed E-state index contributed by atoms with van der Waals surface area (Å²) in [6.45, 7) is 0. The lowest BCUT2D eigenvalue weighted by molar-refractivity contribution is 0.436. The van der Waals surface area contributed by atoms with E-state index in [1.54, 1.807) is 13.1 Å². The van der Waals surface area contributed by atoms with Gasteiger partial charge in [-0.05, 0) is 48.6 Å². The van der Waals surface area contributed by atoms with Crippen LogP contribution in [0.25, 0.3) is 10.9 Å². The van der Waals surface area contributed by atoms with E-state index in [4.69, 9.17) is 17.4 Å². The number of anilines is 1. The van der Waals surface area contributed by atoms with Gasteiger partial charge in [0.1, 0.15) is 5.82 Å². The predicted molar refractivity (Wildman–Crippen MR) is 103 cm³/mol. The van der Waals surface area contributed by atoms with E-state index in [2.05, 4.69) is 15.5 Å². The van der Waals surface area contributed by atoms with Gasteiger partial charge in [-0.3, -0.25) is 0 Å². The Hall–Kier alpha value is -2.89. The van der Waals surface area contributed by atoms with Crippen molar-refractivity contribution in [2.75, 3.05) is 5.32 Å². The first-order valence-corrected chi connectivity index (χ1v) is 9.45. The Morgan fingerprint density at radius 3 is 2.74 bits per heavy atom. The largest absolute Gasteiger partial charge is 0.493 e. The molecule has 0 aliphatic heterocycles. The molecule has 0 bridgehead atoms.